The molecule has 3 aromatic rings. The number of aromatic amines is 1. The second-order valence-corrected chi connectivity index (χ2v) is 7.26. The average Bonchev–Trinajstić information content (AvgIpc) is 3.17. The predicted molar refractivity (Wildman–Crippen MR) is 113 cm³/mol. The summed E-state index contributed by atoms with van der Waals surface area (Å²) < 4.78 is 5.99. The van der Waals surface area contributed by atoms with E-state index in [1.54, 1.807) is 6.33 Å². The first-order valence-electron chi connectivity index (χ1n) is 9.63. The number of anilines is 1. The molecule has 3 rings (SSSR count). The van der Waals surface area contributed by atoms with Gasteiger partial charge in [-0.05, 0) is 62.8 Å². The van der Waals surface area contributed by atoms with Gasteiger partial charge in [0.15, 0.2) is 5.82 Å². The van der Waals surface area contributed by atoms with Crippen LogP contribution in [0.4, 0.5) is 5.69 Å². The minimum absolute atomic E-state index is 0.668. The Morgan fingerprint density at radius 3 is 2.64 bits per heavy atom. The molecule has 0 unspecified atom stereocenters. The van der Waals surface area contributed by atoms with Crippen molar-refractivity contribution < 1.29 is 4.74 Å². The fourth-order valence-electron chi connectivity index (χ4n) is 3.15. The van der Waals surface area contributed by atoms with Crippen LogP contribution in [0.15, 0.2) is 54.9 Å². The summed E-state index contributed by atoms with van der Waals surface area (Å²) in [6, 6.07) is 16.8. The minimum Gasteiger partial charge on any atom is -0.494 e. The molecule has 0 aliphatic heterocycles. The van der Waals surface area contributed by atoms with Crippen molar-refractivity contribution in [1.29, 1.82) is 0 Å². The first-order valence-corrected chi connectivity index (χ1v) is 9.63. The van der Waals surface area contributed by atoms with E-state index in [1.165, 1.54) is 16.8 Å². The number of hydrogen-bond acceptors (Lipinski definition) is 5. The van der Waals surface area contributed by atoms with Gasteiger partial charge in [-0.25, -0.2) is 4.98 Å². The maximum Gasteiger partial charge on any atom is 0.169 e. The fourth-order valence-corrected chi connectivity index (χ4v) is 3.15. The fraction of sp³-hybridized carbons (Fsp3) is 0.364. The molecule has 6 nitrogen and oxygen atoms in total. The molecule has 1 heterocycles. The molecule has 0 amide bonds. The number of hydrogen-bond donors (Lipinski definition) is 1. The van der Waals surface area contributed by atoms with Gasteiger partial charge < -0.3 is 14.5 Å². The third-order valence-corrected chi connectivity index (χ3v) is 4.40. The highest BCUT2D eigenvalue weighted by atomic mass is 16.5. The van der Waals surface area contributed by atoms with Crippen molar-refractivity contribution in [2.75, 3.05) is 32.1 Å². The largest absolute Gasteiger partial charge is 0.494 e. The van der Waals surface area contributed by atoms with Crippen LogP contribution < -0.4 is 9.64 Å². The zero-order valence-corrected chi connectivity index (χ0v) is 16.9. The lowest BCUT2D eigenvalue weighted by atomic mass is 10.2. The van der Waals surface area contributed by atoms with Crippen molar-refractivity contribution in [1.82, 2.24) is 20.1 Å². The van der Waals surface area contributed by atoms with Crippen molar-refractivity contribution in [3.63, 3.8) is 0 Å². The highest BCUT2D eigenvalue weighted by Gasteiger charge is 2.10. The van der Waals surface area contributed by atoms with Gasteiger partial charge in [0.05, 0.1) is 13.2 Å². The zero-order valence-electron chi connectivity index (χ0n) is 16.9. The molecule has 1 aromatic heterocycles. The molecular formula is C22H29N5O. The number of rotatable bonds is 10. The van der Waals surface area contributed by atoms with Gasteiger partial charge >= 0.3 is 0 Å². The van der Waals surface area contributed by atoms with Gasteiger partial charge in [0, 0.05) is 18.8 Å². The van der Waals surface area contributed by atoms with Crippen LogP contribution in [0, 0.1) is 6.92 Å². The Labute approximate surface area is 167 Å². The summed E-state index contributed by atoms with van der Waals surface area (Å²) in [6.07, 6.45) is 2.53. The van der Waals surface area contributed by atoms with Gasteiger partial charge in [0.2, 0.25) is 0 Å². The number of nitrogens with one attached hydrogen (secondary N) is 1. The number of H-pyrrole nitrogens is 1. The molecule has 0 radical (unpaired) electrons. The molecule has 0 aliphatic rings. The van der Waals surface area contributed by atoms with Crippen LogP contribution in [0.2, 0.25) is 0 Å². The first kappa shape index (κ1) is 19.9. The highest BCUT2D eigenvalue weighted by molar-refractivity contribution is 5.48. The van der Waals surface area contributed by atoms with Crippen LogP contribution in [0.3, 0.4) is 0 Å². The van der Waals surface area contributed by atoms with E-state index >= 15 is 0 Å². The van der Waals surface area contributed by atoms with E-state index in [4.69, 9.17) is 4.74 Å². The smallest absolute Gasteiger partial charge is 0.169 e. The Morgan fingerprint density at radius 1 is 1.04 bits per heavy atom. The summed E-state index contributed by atoms with van der Waals surface area (Å²) >= 11 is 0. The normalized spacial score (nSPS) is 11.0. The monoisotopic (exact) mass is 379 g/mol. The van der Waals surface area contributed by atoms with E-state index < -0.39 is 0 Å². The summed E-state index contributed by atoms with van der Waals surface area (Å²) in [6.45, 7) is 5.23. The van der Waals surface area contributed by atoms with Crippen LogP contribution >= 0.6 is 0 Å². The molecule has 6 heteroatoms. The molecule has 1 N–H and O–H groups in total. The Bertz CT molecular complexity index is 848. The van der Waals surface area contributed by atoms with E-state index in [9.17, 15) is 0 Å². The summed E-state index contributed by atoms with van der Waals surface area (Å²) in [5.74, 6) is 1.72. The van der Waals surface area contributed by atoms with Crippen molar-refractivity contribution in [3.05, 3.63) is 71.8 Å². The van der Waals surface area contributed by atoms with Gasteiger partial charge in [-0.15, -0.1) is 0 Å². The molecule has 0 fully saturated rings. The third-order valence-electron chi connectivity index (χ3n) is 4.40. The molecule has 0 aliphatic carbocycles. The van der Waals surface area contributed by atoms with Crippen molar-refractivity contribution >= 4 is 5.69 Å². The number of aryl methyl sites for hydroxylation is 1. The Hall–Kier alpha value is -2.86. The van der Waals surface area contributed by atoms with Crippen molar-refractivity contribution in [3.8, 4) is 5.75 Å². The van der Waals surface area contributed by atoms with Crippen molar-refractivity contribution in [2.45, 2.75) is 26.4 Å². The molecule has 28 heavy (non-hydrogen) atoms. The Balaban J connectivity index is 1.56. The first-order chi connectivity index (χ1) is 13.6. The number of nitrogens with zero attached hydrogens (tertiary/aromatic N) is 4. The molecule has 0 atom stereocenters. The highest BCUT2D eigenvalue weighted by Crippen LogP contribution is 2.19. The Morgan fingerprint density at radius 2 is 1.89 bits per heavy atom. The summed E-state index contributed by atoms with van der Waals surface area (Å²) in [7, 11) is 4.14. The third kappa shape index (κ3) is 6.09. The molecule has 0 spiro atoms. The molecular weight excluding hydrogens is 350 g/mol. The quantitative estimate of drug-likeness (QED) is 0.545. The second kappa shape index (κ2) is 9.90. The zero-order chi connectivity index (χ0) is 19.8. The molecule has 148 valence electrons. The lowest BCUT2D eigenvalue weighted by Gasteiger charge is -2.24. The molecule has 0 bridgehead atoms. The predicted octanol–water partition coefficient (Wildman–Crippen LogP) is 3.65. The van der Waals surface area contributed by atoms with E-state index in [1.807, 2.05) is 6.07 Å². The lowest BCUT2D eigenvalue weighted by Crippen LogP contribution is -2.26. The van der Waals surface area contributed by atoms with Crippen LogP contribution in [-0.4, -0.2) is 47.3 Å². The maximum absolute atomic E-state index is 5.99. The number of ether oxygens (including phenoxy) is 1. The minimum atomic E-state index is 0.668. The summed E-state index contributed by atoms with van der Waals surface area (Å²) in [5.41, 5.74) is 3.68. The van der Waals surface area contributed by atoms with Crippen LogP contribution in [0.5, 0.6) is 5.75 Å². The van der Waals surface area contributed by atoms with Gasteiger partial charge in [-0.2, -0.15) is 5.10 Å². The number of aromatic nitrogens is 3. The van der Waals surface area contributed by atoms with E-state index in [0.717, 1.165) is 31.1 Å². The molecule has 0 saturated heterocycles. The summed E-state index contributed by atoms with van der Waals surface area (Å²) in [4.78, 5) is 8.72. The van der Waals surface area contributed by atoms with Crippen LogP contribution in [0.1, 0.15) is 23.4 Å². The van der Waals surface area contributed by atoms with Crippen LogP contribution in [0.25, 0.3) is 0 Å². The van der Waals surface area contributed by atoms with E-state index in [-0.39, 0.29) is 0 Å². The number of benzene rings is 2. The van der Waals surface area contributed by atoms with Gasteiger partial charge in [0.1, 0.15) is 12.1 Å². The topological polar surface area (TPSA) is 57.3 Å². The molecule has 0 saturated carbocycles. The van der Waals surface area contributed by atoms with Gasteiger partial charge in [0.25, 0.3) is 0 Å². The molecule has 2 aromatic carbocycles. The standard InChI is InChI=1S/C22H29N5O/c1-18-7-4-9-20(13-18)27(16-22-23-17-24-25-22)11-6-12-28-21-10-5-8-19(14-21)15-26(2)3/h4-5,7-10,13-14,17H,6,11-12,15-16H2,1-3H3,(H,23,24,25). The Kier molecular flexibility index (Phi) is 7.03. The lowest BCUT2D eigenvalue weighted by molar-refractivity contribution is 0.310. The SMILES string of the molecule is Cc1cccc(N(CCCOc2cccc(CN(C)C)c2)Cc2nc[nH]n2)c1. The summed E-state index contributed by atoms with van der Waals surface area (Å²) in [5, 5.41) is 6.99. The van der Waals surface area contributed by atoms with Crippen LogP contribution in [-0.2, 0) is 13.1 Å². The van der Waals surface area contributed by atoms with E-state index in [2.05, 4.69) is 88.5 Å². The van der Waals surface area contributed by atoms with Gasteiger partial charge in [-0.1, -0.05) is 24.3 Å². The van der Waals surface area contributed by atoms with Crippen molar-refractivity contribution in [2.24, 2.45) is 0 Å². The second-order valence-electron chi connectivity index (χ2n) is 7.26. The van der Waals surface area contributed by atoms with E-state index in [0.29, 0.717) is 13.2 Å². The average molecular weight is 380 g/mol. The maximum atomic E-state index is 5.99. The van der Waals surface area contributed by atoms with Gasteiger partial charge in [-0.3, -0.25) is 5.10 Å².